The van der Waals surface area contributed by atoms with Crippen molar-refractivity contribution in [2.24, 2.45) is 0 Å². The Morgan fingerprint density at radius 3 is 2.95 bits per heavy atom. The lowest BCUT2D eigenvalue weighted by atomic mass is 10.4. The number of anilines is 1. The van der Waals surface area contributed by atoms with Crippen LogP contribution in [0.3, 0.4) is 0 Å². The average molecular weight is 299 g/mol. The molecule has 20 heavy (non-hydrogen) atoms. The van der Waals surface area contributed by atoms with Crippen LogP contribution < -0.4 is 10.1 Å². The molecule has 2 aromatic rings. The number of pyridine rings is 1. The van der Waals surface area contributed by atoms with Crippen LogP contribution in [-0.4, -0.2) is 28.9 Å². The number of thiazole rings is 1. The summed E-state index contributed by atoms with van der Waals surface area (Å²) in [4.78, 5) is 20.2. The molecule has 2 aromatic heterocycles. The number of carbonyl (C=O) groups is 1. The Kier molecular flexibility index (Phi) is 4.57. The number of hydrogen-bond donors (Lipinski definition) is 1. The number of halogens is 2. The first-order valence-electron chi connectivity index (χ1n) is 5.66. The summed E-state index contributed by atoms with van der Waals surface area (Å²) in [5.74, 6) is -0.0921. The molecule has 8 heteroatoms. The first-order valence-corrected chi connectivity index (χ1v) is 6.48. The highest BCUT2D eigenvalue weighted by Crippen LogP contribution is 2.16. The molecule has 0 aliphatic rings. The highest BCUT2D eigenvalue weighted by atomic mass is 32.1. The van der Waals surface area contributed by atoms with Crippen molar-refractivity contribution in [2.45, 2.75) is 13.3 Å². The van der Waals surface area contributed by atoms with Gasteiger partial charge in [-0.1, -0.05) is 6.07 Å². The first-order chi connectivity index (χ1) is 9.54. The number of aromatic nitrogens is 2. The SMILES string of the molecule is Cc1ncc(C(=O)Nc2cccc(OCC(F)F)n2)s1. The summed E-state index contributed by atoms with van der Waals surface area (Å²) >= 11 is 1.25. The van der Waals surface area contributed by atoms with Crippen molar-refractivity contribution in [3.63, 3.8) is 0 Å². The van der Waals surface area contributed by atoms with Gasteiger partial charge in [0.1, 0.15) is 10.7 Å². The summed E-state index contributed by atoms with van der Waals surface area (Å²) in [5.41, 5.74) is 0. The van der Waals surface area contributed by atoms with Crippen molar-refractivity contribution in [3.05, 3.63) is 34.3 Å². The lowest BCUT2D eigenvalue weighted by Crippen LogP contribution is -2.12. The monoisotopic (exact) mass is 299 g/mol. The van der Waals surface area contributed by atoms with Crippen LogP contribution in [0, 0.1) is 6.92 Å². The molecule has 0 atom stereocenters. The Bertz CT molecular complexity index is 604. The molecule has 0 radical (unpaired) electrons. The van der Waals surface area contributed by atoms with Crippen LogP contribution in [-0.2, 0) is 0 Å². The topological polar surface area (TPSA) is 64.1 Å². The highest BCUT2D eigenvalue weighted by molar-refractivity contribution is 7.13. The van der Waals surface area contributed by atoms with Gasteiger partial charge in [-0.2, -0.15) is 4.98 Å². The Labute approximate surface area is 117 Å². The Morgan fingerprint density at radius 1 is 1.50 bits per heavy atom. The second-order valence-electron chi connectivity index (χ2n) is 3.76. The summed E-state index contributed by atoms with van der Waals surface area (Å²) in [6.45, 7) is 1.05. The Morgan fingerprint density at radius 2 is 2.30 bits per heavy atom. The number of amides is 1. The van der Waals surface area contributed by atoms with Crippen LogP contribution in [0.25, 0.3) is 0 Å². The molecule has 0 aliphatic heterocycles. The average Bonchev–Trinajstić information content (AvgIpc) is 2.84. The minimum absolute atomic E-state index is 0.0311. The molecule has 2 rings (SSSR count). The van der Waals surface area contributed by atoms with Gasteiger partial charge >= 0.3 is 0 Å². The van der Waals surface area contributed by atoms with Gasteiger partial charge in [0.2, 0.25) is 5.88 Å². The zero-order chi connectivity index (χ0) is 14.5. The quantitative estimate of drug-likeness (QED) is 0.922. The third-order valence-electron chi connectivity index (χ3n) is 2.17. The molecule has 0 saturated carbocycles. The van der Waals surface area contributed by atoms with Crippen LogP contribution in [0.5, 0.6) is 5.88 Å². The van der Waals surface area contributed by atoms with Gasteiger partial charge in [0, 0.05) is 6.07 Å². The molecule has 106 valence electrons. The van der Waals surface area contributed by atoms with Crippen LogP contribution in [0.15, 0.2) is 24.4 Å². The largest absolute Gasteiger partial charge is 0.472 e. The van der Waals surface area contributed by atoms with Crippen LogP contribution >= 0.6 is 11.3 Å². The van der Waals surface area contributed by atoms with E-state index in [1.165, 1.54) is 23.6 Å². The maximum atomic E-state index is 12.0. The van der Waals surface area contributed by atoms with Gasteiger partial charge in [-0.15, -0.1) is 11.3 Å². The molecule has 2 heterocycles. The third kappa shape index (κ3) is 3.95. The second-order valence-corrected chi connectivity index (χ2v) is 5.00. The third-order valence-corrected chi connectivity index (χ3v) is 3.08. The number of ether oxygens (including phenoxy) is 1. The molecule has 0 aromatic carbocycles. The number of rotatable bonds is 5. The molecule has 0 unspecified atom stereocenters. The molecule has 5 nitrogen and oxygen atoms in total. The van der Waals surface area contributed by atoms with Crippen molar-refractivity contribution >= 4 is 23.1 Å². The summed E-state index contributed by atoms with van der Waals surface area (Å²) in [7, 11) is 0. The smallest absolute Gasteiger partial charge is 0.272 e. The van der Waals surface area contributed by atoms with E-state index in [9.17, 15) is 13.6 Å². The Balaban J connectivity index is 2.02. The molecule has 0 aliphatic carbocycles. The number of nitrogens with zero attached hydrogens (tertiary/aromatic N) is 2. The minimum Gasteiger partial charge on any atom is -0.472 e. The summed E-state index contributed by atoms with van der Waals surface area (Å²) < 4.78 is 28.8. The van der Waals surface area contributed by atoms with Crippen molar-refractivity contribution in [2.75, 3.05) is 11.9 Å². The molecule has 1 amide bonds. The van der Waals surface area contributed by atoms with Crippen molar-refractivity contribution < 1.29 is 18.3 Å². The van der Waals surface area contributed by atoms with Gasteiger partial charge in [0.25, 0.3) is 12.3 Å². The van der Waals surface area contributed by atoms with E-state index in [-0.39, 0.29) is 17.6 Å². The van der Waals surface area contributed by atoms with Gasteiger partial charge < -0.3 is 10.1 Å². The predicted molar refractivity (Wildman–Crippen MR) is 70.5 cm³/mol. The van der Waals surface area contributed by atoms with Crippen LogP contribution in [0.4, 0.5) is 14.6 Å². The number of nitrogens with one attached hydrogen (secondary N) is 1. The fraction of sp³-hybridized carbons (Fsp3) is 0.250. The number of aryl methyl sites for hydroxylation is 1. The van der Waals surface area contributed by atoms with Crippen LogP contribution in [0.1, 0.15) is 14.7 Å². The highest BCUT2D eigenvalue weighted by Gasteiger charge is 2.11. The first kappa shape index (κ1) is 14.3. The molecule has 0 saturated heterocycles. The molecule has 1 N–H and O–H groups in total. The van der Waals surface area contributed by atoms with Crippen molar-refractivity contribution in [1.82, 2.24) is 9.97 Å². The van der Waals surface area contributed by atoms with Gasteiger partial charge in [-0.25, -0.2) is 13.8 Å². The number of hydrogen-bond acceptors (Lipinski definition) is 5. The van der Waals surface area contributed by atoms with E-state index < -0.39 is 13.0 Å². The van der Waals surface area contributed by atoms with E-state index in [1.807, 2.05) is 0 Å². The standard InChI is InChI=1S/C12H11F2N3O2S/c1-7-15-5-8(20-7)12(18)17-10-3-2-4-11(16-10)19-6-9(13)14/h2-5,9H,6H2,1H3,(H,16,17,18). The molecule has 0 bridgehead atoms. The van der Waals surface area contributed by atoms with Gasteiger partial charge in [0.15, 0.2) is 6.61 Å². The minimum atomic E-state index is -2.57. The molecular formula is C12H11F2N3O2S. The van der Waals surface area contributed by atoms with Crippen molar-refractivity contribution in [1.29, 1.82) is 0 Å². The maximum Gasteiger partial charge on any atom is 0.272 e. The maximum absolute atomic E-state index is 12.0. The van der Waals surface area contributed by atoms with E-state index in [1.54, 1.807) is 19.1 Å². The van der Waals surface area contributed by atoms with Crippen LogP contribution in [0.2, 0.25) is 0 Å². The van der Waals surface area contributed by atoms with E-state index >= 15 is 0 Å². The number of carbonyl (C=O) groups excluding carboxylic acids is 1. The lowest BCUT2D eigenvalue weighted by Gasteiger charge is -2.06. The Hall–Kier alpha value is -2.09. The summed E-state index contributed by atoms with van der Waals surface area (Å²) in [5, 5.41) is 3.33. The van der Waals surface area contributed by atoms with Crippen molar-refractivity contribution in [3.8, 4) is 5.88 Å². The van der Waals surface area contributed by atoms with Gasteiger partial charge in [-0.05, 0) is 13.0 Å². The van der Waals surface area contributed by atoms with E-state index in [0.717, 1.165) is 5.01 Å². The number of alkyl halides is 2. The second kappa shape index (κ2) is 6.38. The van der Waals surface area contributed by atoms with E-state index in [0.29, 0.717) is 4.88 Å². The fourth-order valence-corrected chi connectivity index (χ4v) is 2.03. The lowest BCUT2D eigenvalue weighted by molar-refractivity contribution is 0.0796. The van der Waals surface area contributed by atoms with Gasteiger partial charge in [0.05, 0.1) is 11.2 Å². The van der Waals surface area contributed by atoms with Gasteiger partial charge in [-0.3, -0.25) is 4.79 Å². The zero-order valence-electron chi connectivity index (χ0n) is 10.5. The van der Waals surface area contributed by atoms with E-state index in [4.69, 9.17) is 4.74 Å². The summed E-state index contributed by atoms with van der Waals surface area (Å²) in [6.07, 6.45) is -1.11. The molecule has 0 spiro atoms. The van der Waals surface area contributed by atoms with E-state index in [2.05, 4.69) is 15.3 Å². The predicted octanol–water partition coefficient (Wildman–Crippen LogP) is 2.74. The summed E-state index contributed by atoms with van der Waals surface area (Å²) in [6, 6.07) is 4.54. The fourth-order valence-electron chi connectivity index (χ4n) is 1.36. The molecular weight excluding hydrogens is 288 g/mol. The zero-order valence-corrected chi connectivity index (χ0v) is 11.3. The normalized spacial score (nSPS) is 10.6. The molecule has 0 fully saturated rings.